The first-order valence-electron chi connectivity index (χ1n) is 5.35. The van der Waals surface area contributed by atoms with Gasteiger partial charge in [-0.15, -0.1) is 0 Å². The second-order valence-corrected chi connectivity index (χ2v) is 3.66. The molecule has 2 N–H and O–H groups in total. The average molecular weight is 269 g/mol. The van der Waals surface area contributed by atoms with Gasteiger partial charge in [0.1, 0.15) is 11.6 Å². The van der Waals surface area contributed by atoms with E-state index in [0.29, 0.717) is 11.6 Å². The van der Waals surface area contributed by atoms with Crippen LogP contribution < -0.4 is 10.5 Å². The van der Waals surface area contributed by atoms with Crippen LogP contribution in [0.3, 0.4) is 0 Å². The summed E-state index contributed by atoms with van der Waals surface area (Å²) in [6, 6.07) is 4.37. The summed E-state index contributed by atoms with van der Waals surface area (Å²) >= 11 is 0. The first-order valence-corrected chi connectivity index (χ1v) is 5.35. The van der Waals surface area contributed by atoms with E-state index >= 15 is 0 Å². The average Bonchev–Trinajstić information content (AvgIpc) is 2.39. The van der Waals surface area contributed by atoms with Gasteiger partial charge >= 0.3 is 6.18 Å². The van der Waals surface area contributed by atoms with Gasteiger partial charge in [0.15, 0.2) is 5.75 Å². The standard InChI is InChI=1S/C12H10F3N3O/c13-12(14,15)8-1-3-9(4-2-8)19-10-6-17-11(5-16)18-7-10/h1-4,6-7H,5,16H2. The van der Waals surface area contributed by atoms with Crippen LogP contribution in [0.5, 0.6) is 11.5 Å². The second kappa shape index (κ2) is 5.23. The third-order valence-electron chi connectivity index (χ3n) is 2.28. The molecular weight excluding hydrogens is 259 g/mol. The Bertz CT molecular complexity index is 538. The molecule has 0 saturated heterocycles. The Morgan fingerprint density at radius 1 is 1.00 bits per heavy atom. The van der Waals surface area contributed by atoms with Crippen LogP contribution in [0.4, 0.5) is 13.2 Å². The van der Waals surface area contributed by atoms with Gasteiger partial charge in [0.2, 0.25) is 0 Å². The number of halogens is 3. The number of ether oxygens (including phenoxy) is 1. The van der Waals surface area contributed by atoms with Crippen LogP contribution in [0.25, 0.3) is 0 Å². The number of hydrogen-bond acceptors (Lipinski definition) is 4. The van der Waals surface area contributed by atoms with Crippen LogP contribution >= 0.6 is 0 Å². The van der Waals surface area contributed by atoms with Crippen molar-refractivity contribution in [2.24, 2.45) is 5.73 Å². The van der Waals surface area contributed by atoms with E-state index in [-0.39, 0.29) is 12.3 Å². The lowest BCUT2D eigenvalue weighted by Crippen LogP contribution is -2.04. The highest BCUT2D eigenvalue weighted by molar-refractivity contribution is 5.32. The lowest BCUT2D eigenvalue weighted by molar-refractivity contribution is -0.137. The Hall–Kier alpha value is -2.15. The lowest BCUT2D eigenvalue weighted by Gasteiger charge is -2.08. The Balaban J connectivity index is 2.10. The van der Waals surface area contributed by atoms with Gasteiger partial charge in [0.25, 0.3) is 0 Å². The van der Waals surface area contributed by atoms with E-state index in [1.807, 2.05) is 0 Å². The highest BCUT2D eigenvalue weighted by atomic mass is 19.4. The van der Waals surface area contributed by atoms with E-state index in [0.717, 1.165) is 12.1 Å². The third-order valence-corrected chi connectivity index (χ3v) is 2.28. The van der Waals surface area contributed by atoms with Gasteiger partial charge in [-0.05, 0) is 24.3 Å². The van der Waals surface area contributed by atoms with Crippen LogP contribution in [0, 0.1) is 0 Å². The normalized spacial score (nSPS) is 11.4. The number of aromatic nitrogens is 2. The molecule has 1 aromatic heterocycles. The molecule has 0 atom stereocenters. The molecule has 1 aromatic carbocycles. The molecule has 2 aromatic rings. The van der Waals surface area contributed by atoms with E-state index in [2.05, 4.69) is 9.97 Å². The molecule has 0 unspecified atom stereocenters. The van der Waals surface area contributed by atoms with Gasteiger partial charge in [-0.3, -0.25) is 0 Å². The topological polar surface area (TPSA) is 61.0 Å². The lowest BCUT2D eigenvalue weighted by atomic mass is 10.2. The van der Waals surface area contributed by atoms with E-state index in [4.69, 9.17) is 10.5 Å². The quantitative estimate of drug-likeness (QED) is 0.930. The van der Waals surface area contributed by atoms with Gasteiger partial charge in [-0.25, -0.2) is 9.97 Å². The summed E-state index contributed by atoms with van der Waals surface area (Å²) in [5.74, 6) is 1.06. The molecule has 0 spiro atoms. The van der Waals surface area contributed by atoms with Crippen LogP contribution in [0.1, 0.15) is 11.4 Å². The zero-order valence-electron chi connectivity index (χ0n) is 9.69. The minimum atomic E-state index is -4.36. The largest absolute Gasteiger partial charge is 0.454 e. The SMILES string of the molecule is NCc1ncc(Oc2ccc(C(F)(F)F)cc2)cn1. The van der Waals surface area contributed by atoms with Crippen molar-refractivity contribution in [2.75, 3.05) is 0 Å². The first-order chi connectivity index (χ1) is 8.99. The third kappa shape index (κ3) is 3.41. The highest BCUT2D eigenvalue weighted by Crippen LogP contribution is 2.31. The maximum Gasteiger partial charge on any atom is 0.416 e. The molecule has 0 fully saturated rings. The molecule has 7 heteroatoms. The smallest absolute Gasteiger partial charge is 0.416 e. The van der Waals surface area contributed by atoms with Crippen LogP contribution in [-0.4, -0.2) is 9.97 Å². The van der Waals surface area contributed by atoms with Gasteiger partial charge in [-0.1, -0.05) is 0 Å². The second-order valence-electron chi connectivity index (χ2n) is 3.66. The van der Waals surface area contributed by atoms with Gasteiger partial charge < -0.3 is 10.5 Å². The summed E-state index contributed by atoms with van der Waals surface area (Å²) < 4.78 is 42.4. The summed E-state index contributed by atoms with van der Waals surface area (Å²) in [7, 11) is 0. The summed E-state index contributed by atoms with van der Waals surface area (Å²) in [6.45, 7) is 0.209. The monoisotopic (exact) mass is 269 g/mol. The predicted molar refractivity (Wildman–Crippen MR) is 61.4 cm³/mol. The molecule has 0 saturated carbocycles. The summed E-state index contributed by atoms with van der Waals surface area (Å²) in [5, 5.41) is 0. The Kier molecular flexibility index (Phi) is 3.66. The van der Waals surface area contributed by atoms with Crippen molar-refractivity contribution in [3.63, 3.8) is 0 Å². The van der Waals surface area contributed by atoms with Crippen molar-refractivity contribution in [3.05, 3.63) is 48.0 Å². The number of hydrogen-bond donors (Lipinski definition) is 1. The summed E-state index contributed by atoms with van der Waals surface area (Å²) in [5.41, 5.74) is 4.61. The van der Waals surface area contributed by atoms with Gasteiger partial charge in [0, 0.05) is 0 Å². The van der Waals surface area contributed by atoms with Crippen molar-refractivity contribution in [3.8, 4) is 11.5 Å². The Labute approximate surface area is 107 Å². The Morgan fingerprint density at radius 3 is 2.05 bits per heavy atom. The number of nitrogens with zero attached hydrogens (tertiary/aromatic N) is 2. The molecule has 19 heavy (non-hydrogen) atoms. The minimum absolute atomic E-state index is 0.209. The molecule has 0 amide bonds. The molecule has 1 heterocycles. The number of benzene rings is 1. The van der Waals surface area contributed by atoms with E-state index < -0.39 is 11.7 Å². The fraction of sp³-hybridized carbons (Fsp3) is 0.167. The van der Waals surface area contributed by atoms with Crippen molar-refractivity contribution in [2.45, 2.75) is 12.7 Å². The maximum atomic E-state index is 12.4. The molecule has 0 aliphatic rings. The predicted octanol–water partition coefficient (Wildman–Crippen LogP) is 2.75. The fourth-order valence-corrected chi connectivity index (χ4v) is 1.35. The maximum absolute atomic E-state index is 12.4. The zero-order chi connectivity index (χ0) is 13.9. The number of alkyl halides is 3. The van der Waals surface area contributed by atoms with Crippen LogP contribution in [0.15, 0.2) is 36.7 Å². The molecule has 2 rings (SSSR count). The highest BCUT2D eigenvalue weighted by Gasteiger charge is 2.30. The first kappa shape index (κ1) is 13.3. The van der Waals surface area contributed by atoms with Crippen molar-refractivity contribution < 1.29 is 17.9 Å². The summed E-state index contributed by atoms with van der Waals surface area (Å²) in [4.78, 5) is 7.82. The minimum Gasteiger partial charge on any atom is -0.454 e. The van der Waals surface area contributed by atoms with Gasteiger partial charge in [-0.2, -0.15) is 13.2 Å². The number of nitrogens with two attached hydrogens (primary N) is 1. The summed E-state index contributed by atoms with van der Waals surface area (Å²) in [6.07, 6.45) is -1.54. The molecule has 4 nitrogen and oxygen atoms in total. The number of rotatable bonds is 3. The van der Waals surface area contributed by atoms with Crippen LogP contribution in [0.2, 0.25) is 0 Å². The van der Waals surface area contributed by atoms with Crippen molar-refractivity contribution in [1.29, 1.82) is 0 Å². The van der Waals surface area contributed by atoms with Crippen molar-refractivity contribution in [1.82, 2.24) is 9.97 Å². The molecule has 100 valence electrons. The van der Waals surface area contributed by atoms with Crippen LogP contribution in [-0.2, 0) is 12.7 Å². The fourth-order valence-electron chi connectivity index (χ4n) is 1.35. The molecular formula is C12H10F3N3O. The van der Waals surface area contributed by atoms with Crippen molar-refractivity contribution >= 4 is 0 Å². The zero-order valence-corrected chi connectivity index (χ0v) is 9.69. The Morgan fingerprint density at radius 2 is 1.58 bits per heavy atom. The van der Waals surface area contributed by atoms with Gasteiger partial charge in [0.05, 0.1) is 24.5 Å². The van der Waals surface area contributed by atoms with E-state index in [9.17, 15) is 13.2 Å². The van der Waals surface area contributed by atoms with E-state index in [1.54, 1.807) is 0 Å². The molecule has 0 bridgehead atoms. The molecule has 0 aliphatic carbocycles. The molecule has 0 radical (unpaired) electrons. The van der Waals surface area contributed by atoms with E-state index in [1.165, 1.54) is 24.5 Å². The molecule has 0 aliphatic heterocycles.